The number of para-hydroxylation sites is 1. The maximum atomic E-state index is 12.5. The first-order valence-electron chi connectivity index (χ1n) is 5.58. The van der Waals surface area contributed by atoms with Crippen LogP contribution in [0.2, 0.25) is 0 Å². The lowest BCUT2D eigenvalue weighted by molar-refractivity contribution is -0.120. The first-order valence-corrected chi connectivity index (χ1v) is 6.34. The Bertz CT molecular complexity index is 625. The molecule has 0 saturated carbocycles. The van der Waals surface area contributed by atoms with Gasteiger partial charge in [0.15, 0.2) is 0 Å². The van der Waals surface area contributed by atoms with Gasteiger partial charge < -0.3 is 4.57 Å². The lowest BCUT2D eigenvalue weighted by Gasteiger charge is -2.05. The average molecular weight is 302 g/mol. The van der Waals surface area contributed by atoms with Gasteiger partial charge in [-0.1, -0.05) is 18.2 Å². The maximum absolute atomic E-state index is 12.5. The normalized spacial score (nSPS) is 11.2. The molecule has 3 nitrogen and oxygen atoms in total. The minimum Gasteiger partial charge on any atom is -0.345 e. The Kier molecular flexibility index (Phi) is 4.22. The van der Waals surface area contributed by atoms with Gasteiger partial charge in [0.05, 0.1) is 6.54 Å². The number of nitrogens with zero attached hydrogens (tertiary/aromatic N) is 1. The number of rotatable bonds is 5. The molecule has 0 amide bonds. The molecule has 0 aliphatic rings. The van der Waals surface area contributed by atoms with Gasteiger partial charge in [-0.05, 0) is 34.8 Å². The van der Waals surface area contributed by atoms with E-state index in [-0.39, 0.29) is 6.54 Å². The summed E-state index contributed by atoms with van der Waals surface area (Å²) < 4.78 is 14.2. The summed E-state index contributed by atoms with van der Waals surface area (Å²) in [4.78, 5) is 22.7. The van der Waals surface area contributed by atoms with Crippen LogP contribution in [0.4, 0.5) is 4.39 Å². The topological polar surface area (TPSA) is 39.1 Å². The van der Waals surface area contributed by atoms with Gasteiger partial charge in [-0.25, -0.2) is 4.39 Å². The second kappa shape index (κ2) is 5.72. The summed E-state index contributed by atoms with van der Waals surface area (Å²) in [5.74, 6) is -1.23. The zero-order valence-electron chi connectivity index (χ0n) is 9.78. The number of carbonyl (C=O) groups excluding carboxylic acids is 2. The van der Waals surface area contributed by atoms with Crippen molar-refractivity contribution in [2.24, 2.45) is 0 Å². The molecule has 0 aliphatic heterocycles. The Morgan fingerprint density at radius 2 is 1.84 bits per heavy atom. The van der Waals surface area contributed by atoms with Gasteiger partial charge in [-0.2, -0.15) is 0 Å². The van der Waals surface area contributed by atoms with E-state index < -0.39 is 23.1 Å². The molecular formula is C13H10Cl2FNO2. The molecule has 0 saturated heterocycles. The Morgan fingerprint density at radius 3 is 2.42 bits per heavy atom. The zero-order chi connectivity index (χ0) is 14.0. The summed E-state index contributed by atoms with van der Waals surface area (Å²) in [7, 11) is 0. The molecule has 100 valence electrons. The van der Waals surface area contributed by atoms with E-state index in [1.54, 1.807) is 35.0 Å². The molecule has 19 heavy (non-hydrogen) atoms. The highest BCUT2D eigenvalue weighted by atomic mass is 35.5. The number of halogens is 3. The van der Waals surface area contributed by atoms with Crippen LogP contribution in [0.25, 0.3) is 10.9 Å². The number of alkyl halides is 1. The average Bonchev–Trinajstić information content (AvgIpc) is 2.69. The summed E-state index contributed by atoms with van der Waals surface area (Å²) in [5.41, 5.74) is 1.14. The molecule has 2 rings (SSSR count). The van der Waals surface area contributed by atoms with E-state index in [1.165, 1.54) is 0 Å². The third-order valence-electron chi connectivity index (χ3n) is 2.91. The first kappa shape index (κ1) is 14.0. The molecule has 0 radical (unpaired) electrons. The monoisotopic (exact) mass is 301 g/mol. The van der Waals surface area contributed by atoms with E-state index in [0.717, 1.165) is 5.52 Å². The van der Waals surface area contributed by atoms with Gasteiger partial charge in [-0.3, -0.25) is 9.59 Å². The Morgan fingerprint density at radius 1 is 1.21 bits per heavy atom. The smallest absolute Gasteiger partial charge is 0.238 e. The minimum atomic E-state index is -1.23. The van der Waals surface area contributed by atoms with E-state index in [0.29, 0.717) is 10.9 Å². The fourth-order valence-corrected chi connectivity index (χ4v) is 2.60. The van der Waals surface area contributed by atoms with Crippen LogP contribution in [0.1, 0.15) is 11.5 Å². The number of aromatic nitrogens is 1. The number of hydrogen-bond donors (Lipinski definition) is 0. The molecule has 0 fully saturated rings. The fraction of sp³-hybridized carbons (Fsp3) is 0.231. The van der Waals surface area contributed by atoms with E-state index in [2.05, 4.69) is 0 Å². The Balaban J connectivity index is 2.66. The van der Waals surface area contributed by atoms with Crippen molar-refractivity contribution in [1.29, 1.82) is 0 Å². The SMILES string of the molecule is O=C(Cl)C(C(=O)Cl)c1cn(CCF)c2ccccc12. The number of aryl methyl sites for hydroxylation is 1. The number of fused-ring (bicyclic) bond motifs is 1. The molecule has 0 N–H and O–H groups in total. The van der Waals surface area contributed by atoms with Gasteiger partial charge in [0.25, 0.3) is 0 Å². The lowest BCUT2D eigenvalue weighted by atomic mass is 10.0. The van der Waals surface area contributed by atoms with Crippen LogP contribution >= 0.6 is 23.2 Å². The van der Waals surface area contributed by atoms with Crippen molar-refractivity contribution in [3.63, 3.8) is 0 Å². The van der Waals surface area contributed by atoms with Crippen molar-refractivity contribution >= 4 is 44.6 Å². The van der Waals surface area contributed by atoms with E-state index in [4.69, 9.17) is 23.2 Å². The van der Waals surface area contributed by atoms with Gasteiger partial charge in [-0.15, -0.1) is 0 Å². The summed E-state index contributed by atoms with van der Waals surface area (Å²) in [6, 6.07) is 7.08. The number of carbonyl (C=O) groups is 2. The van der Waals surface area contributed by atoms with Crippen molar-refractivity contribution in [1.82, 2.24) is 4.57 Å². The van der Waals surface area contributed by atoms with Gasteiger partial charge in [0.1, 0.15) is 12.6 Å². The first-order chi connectivity index (χ1) is 9.06. The second-order valence-corrected chi connectivity index (χ2v) is 4.77. The van der Waals surface area contributed by atoms with E-state index in [1.807, 2.05) is 0 Å². The molecule has 6 heteroatoms. The van der Waals surface area contributed by atoms with Gasteiger partial charge in [0, 0.05) is 17.1 Å². The molecule has 1 aromatic heterocycles. The molecule has 0 spiro atoms. The van der Waals surface area contributed by atoms with Crippen LogP contribution in [-0.4, -0.2) is 21.7 Å². The quantitative estimate of drug-likeness (QED) is 0.628. The molecule has 0 bridgehead atoms. The van der Waals surface area contributed by atoms with Crippen molar-refractivity contribution in [3.8, 4) is 0 Å². The number of benzene rings is 1. The maximum Gasteiger partial charge on any atom is 0.238 e. The van der Waals surface area contributed by atoms with Crippen LogP contribution in [0.15, 0.2) is 30.5 Å². The van der Waals surface area contributed by atoms with Crippen LogP contribution < -0.4 is 0 Å². The molecule has 0 aliphatic carbocycles. The summed E-state index contributed by atoms with van der Waals surface area (Å²) in [5, 5.41) is -1.02. The highest BCUT2D eigenvalue weighted by Gasteiger charge is 2.28. The third-order valence-corrected chi connectivity index (χ3v) is 3.35. The standard InChI is InChI=1S/C13H10Cl2FNO2/c14-12(18)11(13(15)19)9-7-17(6-5-16)10-4-2-1-3-8(9)10/h1-4,7,11H,5-6H2. The molecule has 1 aromatic carbocycles. The Hall–Kier alpha value is -1.39. The van der Waals surface area contributed by atoms with E-state index >= 15 is 0 Å². The van der Waals surface area contributed by atoms with Crippen LogP contribution in [-0.2, 0) is 16.1 Å². The third kappa shape index (κ3) is 2.65. The summed E-state index contributed by atoms with van der Waals surface area (Å²) >= 11 is 10.9. The lowest BCUT2D eigenvalue weighted by Crippen LogP contribution is -2.13. The highest BCUT2D eigenvalue weighted by molar-refractivity contribution is 6.74. The highest BCUT2D eigenvalue weighted by Crippen LogP contribution is 2.30. The zero-order valence-corrected chi connectivity index (χ0v) is 11.3. The molecule has 2 aromatic rings. The van der Waals surface area contributed by atoms with Crippen molar-refractivity contribution < 1.29 is 14.0 Å². The Labute approximate surface area is 118 Å². The largest absolute Gasteiger partial charge is 0.345 e. The van der Waals surface area contributed by atoms with Crippen LogP contribution in [0.3, 0.4) is 0 Å². The van der Waals surface area contributed by atoms with Crippen molar-refractivity contribution in [2.75, 3.05) is 6.67 Å². The van der Waals surface area contributed by atoms with Crippen LogP contribution in [0.5, 0.6) is 0 Å². The molecule has 1 heterocycles. The predicted molar refractivity (Wildman–Crippen MR) is 72.4 cm³/mol. The predicted octanol–water partition coefficient (Wildman–Crippen LogP) is 3.23. The minimum absolute atomic E-state index is 0.139. The van der Waals surface area contributed by atoms with Gasteiger partial charge >= 0.3 is 0 Å². The van der Waals surface area contributed by atoms with Crippen molar-refractivity contribution in [2.45, 2.75) is 12.5 Å². The molecular weight excluding hydrogens is 292 g/mol. The summed E-state index contributed by atoms with van der Waals surface area (Å²) in [6.45, 7) is -0.410. The molecule has 0 unspecified atom stereocenters. The van der Waals surface area contributed by atoms with E-state index in [9.17, 15) is 14.0 Å². The van der Waals surface area contributed by atoms with Gasteiger partial charge in [0.2, 0.25) is 10.5 Å². The van der Waals surface area contributed by atoms with Crippen molar-refractivity contribution in [3.05, 3.63) is 36.0 Å². The fourth-order valence-electron chi connectivity index (χ4n) is 2.12. The summed E-state index contributed by atoms with van der Waals surface area (Å²) in [6.07, 6.45) is 1.55. The second-order valence-electron chi connectivity index (χ2n) is 4.03. The molecule has 0 atom stereocenters. The number of hydrogen-bond acceptors (Lipinski definition) is 2. The van der Waals surface area contributed by atoms with Crippen LogP contribution in [0, 0.1) is 0 Å².